The zero-order valence-corrected chi connectivity index (χ0v) is 21.4. The third-order valence-corrected chi connectivity index (χ3v) is 7.00. The van der Waals surface area contributed by atoms with Gasteiger partial charge < -0.3 is 31.4 Å². The molecule has 2 heterocycles. The number of amides is 3. The Hall–Kier alpha value is -3.72. The molecule has 0 aliphatic rings. The summed E-state index contributed by atoms with van der Waals surface area (Å²) in [5, 5.41) is 15.0. The lowest BCUT2D eigenvalue weighted by Gasteiger charge is -2.32. The van der Waals surface area contributed by atoms with Gasteiger partial charge in [-0.2, -0.15) is 0 Å². The Morgan fingerprint density at radius 3 is 2.64 bits per heavy atom. The first-order valence-electron chi connectivity index (χ1n) is 10.6. The molecule has 36 heavy (non-hydrogen) atoms. The molecule has 3 amide bonds. The van der Waals surface area contributed by atoms with Gasteiger partial charge in [0.2, 0.25) is 11.8 Å². The average molecular weight is 540 g/mol. The number of rotatable bonds is 13. The molecule has 7 N–H and O–H groups in total. The summed E-state index contributed by atoms with van der Waals surface area (Å²) in [4.78, 5) is 45.7. The van der Waals surface area contributed by atoms with Crippen LogP contribution in [0.1, 0.15) is 28.3 Å². The molecule has 0 aromatic carbocycles. The fourth-order valence-corrected chi connectivity index (χ4v) is 4.55. The van der Waals surface area contributed by atoms with Gasteiger partial charge in [-0.3, -0.25) is 15.0 Å². The highest BCUT2D eigenvalue weighted by Crippen LogP contribution is 2.20. The van der Waals surface area contributed by atoms with Gasteiger partial charge in [0.15, 0.2) is 0 Å². The lowest BCUT2D eigenvalue weighted by Crippen LogP contribution is -2.60. The number of amidine groups is 1. The fourth-order valence-electron chi connectivity index (χ4n) is 3.03. The number of methoxy groups -OCH3 is 1. The summed E-state index contributed by atoms with van der Waals surface area (Å²) in [5.74, 6) is -1.74. The fraction of sp³-hybridized carbons (Fsp3) is 0.381. The van der Waals surface area contributed by atoms with E-state index in [9.17, 15) is 22.8 Å². The predicted octanol–water partition coefficient (Wildman–Crippen LogP) is 0.121. The second kappa shape index (κ2) is 12.8. The molecule has 196 valence electrons. The SMILES string of the molecule is COC(=O)NC(C/C=C/c1cnc[nH]1)(CCS(C)(=O)=O)C(=O)NCC(=O)NCc1ccc(C(=N)N)s1. The summed E-state index contributed by atoms with van der Waals surface area (Å²) >= 11 is 1.25. The first-order valence-corrected chi connectivity index (χ1v) is 13.5. The monoisotopic (exact) mass is 539 g/mol. The molecule has 2 aromatic rings. The van der Waals surface area contributed by atoms with Crippen LogP contribution in [-0.2, 0) is 30.7 Å². The van der Waals surface area contributed by atoms with Crippen molar-refractivity contribution in [1.82, 2.24) is 25.9 Å². The molecule has 1 atom stereocenters. The zero-order valence-electron chi connectivity index (χ0n) is 19.8. The molecular formula is C21H29N7O6S2. The number of hydrogen-bond acceptors (Lipinski definition) is 9. The summed E-state index contributed by atoms with van der Waals surface area (Å²) in [6, 6.07) is 3.39. The van der Waals surface area contributed by atoms with Gasteiger partial charge in [0, 0.05) is 11.1 Å². The highest BCUT2D eigenvalue weighted by molar-refractivity contribution is 7.90. The van der Waals surface area contributed by atoms with Crippen molar-refractivity contribution in [2.45, 2.75) is 24.9 Å². The minimum atomic E-state index is -3.49. The maximum atomic E-state index is 13.2. The van der Waals surface area contributed by atoms with Gasteiger partial charge in [-0.15, -0.1) is 11.3 Å². The Bertz CT molecular complexity index is 1210. The lowest BCUT2D eigenvalue weighted by molar-refractivity contribution is -0.130. The van der Waals surface area contributed by atoms with Crippen LogP contribution in [0.4, 0.5) is 4.79 Å². The maximum absolute atomic E-state index is 13.2. The van der Waals surface area contributed by atoms with Crippen molar-refractivity contribution >= 4 is 51.0 Å². The molecule has 2 aromatic heterocycles. The predicted molar refractivity (Wildman–Crippen MR) is 135 cm³/mol. The van der Waals surface area contributed by atoms with Gasteiger partial charge in [0.25, 0.3) is 0 Å². The van der Waals surface area contributed by atoms with Crippen molar-refractivity contribution in [2.75, 3.05) is 25.7 Å². The van der Waals surface area contributed by atoms with E-state index in [1.165, 1.54) is 17.7 Å². The van der Waals surface area contributed by atoms with Gasteiger partial charge >= 0.3 is 6.09 Å². The molecule has 0 fully saturated rings. The van der Waals surface area contributed by atoms with E-state index in [0.717, 1.165) is 18.2 Å². The third kappa shape index (κ3) is 9.14. The van der Waals surface area contributed by atoms with Gasteiger partial charge in [-0.05, 0) is 31.1 Å². The van der Waals surface area contributed by atoms with Crippen LogP contribution in [0.25, 0.3) is 6.08 Å². The number of nitrogens with two attached hydrogens (primary N) is 1. The number of alkyl carbamates (subject to hydrolysis) is 1. The minimum Gasteiger partial charge on any atom is -0.453 e. The Kier molecular flexibility index (Phi) is 10.2. The zero-order chi connectivity index (χ0) is 26.8. The van der Waals surface area contributed by atoms with E-state index in [1.54, 1.807) is 30.5 Å². The van der Waals surface area contributed by atoms with Gasteiger partial charge in [-0.1, -0.05) is 6.08 Å². The standard InChI is InChI=1S/C21H29N7O6S2/c1-34-20(31)28-21(8-9-36(2,32)33,7-3-4-14-10-24-13-27-14)19(30)26-12-17(29)25-11-15-5-6-16(35-15)18(22)23/h3-6,10,13H,7-9,11-12H2,1-2H3,(H3,22,23)(H,24,27)(H,25,29)(H,26,30)(H,28,31)/b4-3+. The quantitative estimate of drug-likeness (QED) is 0.152. The molecule has 0 aliphatic carbocycles. The molecular weight excluding hydrogens is 510 g/mol. The van der Waals surface area contributed by atoms with Crippen LogP contribution in [0.3, 0.4) is 0 Å². The second-order valence-corrected chi connectivity index (χ2v) is 11.3. The number of H-pyrrole nitrogens is 1. The van der Waals surface area contributed by atoms with Crippen molar-refractivity contribution in [2.24, 2.45) is 5.73 Å². The first-order chi connectivity index (χ1) is 16.9. The molecule has 15 heteroatoms. The maximum Gasteiger partial charge on any atom is 0.407 e. The van der Waals surface area contributed by atoms with Gasteiger partial charge in [-0.25, -0.2) is 18.2 Å². The van der Waals surface area contributed by atoms with Crippen molar-refractivity contribution in [3.05, 3.63) is 46.2 Å². The highest BCUT2D eigenvalue weighted by Gasteiger charge is 2.40. The van der Waals surface area contributed by atoms with Crippen LogP contribution < -0.4 is 21.7 Å². The number of carbonyl (C=O) groups excluding carboxylic acids is 3. The van der Waals surface area contributed by atoms with Crippen LogP contribution >= 0.6 is 11.3 Å². The molecule has 0 radical (unpaired) electrons. The van der Waals surface area contributed by atoms with E-state index >= 15 is 0 Å². The largest absolute Gasteiger partial charge is 0.453 e. The lowest BCUT2D eigenvalue weighted by atomic mass is 9.90. The second-order valence-electron chi connectivity index (χ2n) is 7.83. The van der Waals surface area contributed by atoms with E-state index in [4.69, 9.17) is 11.1 Å². The number of nitrogens with zero attached hydrogens (tertiary/aromatic N) is 1. The van der Waals surface area contributed by atoms with E-state index in [0.29, 0.717) is 10.6 Å². The van der Waals surface area contributed by atoms with Crippen molar-refractivity contribution < 1.29 is 27.5 Å². The Morgan fingerprint density at radius 1 is 1.31 bits per heavy atom. The number of nitrogens with one attached hydrogen (secondary N) is 5. The summed E-state index contributed by atoms with van der Waals surface area (Å²) in [7, 11) is -2.38. The van der Waals surface area contributed by atoms with Gasteiger partial charge in [0.05, 0.1) is 49.0 Å². The van der Waals surface area contributed by atoms with Crippen LogP contribution in [0, 0.1) is 5.41 Å². The number of carbonyl (C=O) groups is 3. The highest BCUT2D eigenvalue weighted by atomic mass is 32.2. The van der Waals surface area contributed by atoms with Crippen molar-refractivity contribution in [3.63, 3.8) is 0 Å². The number of imidazole rings is 1. The van der Waals surface area contributed by atoms with E-state index in [2.05, 4.69) is 30.7 Å². The molecule has 0 saturated heterocycles. The molecule has 0 saturated carbocycles. The molecule has 2 rings (SSSR count). The summed E-state index contributed by atoms with van der Waals surface area (Å²) in [5.41, 5.74) is 4.36. The van der Waals surface area contributed by atoms with E-state index < -0.39 is 45.6 Å². The Balaban J connectivity index is 2.13. The molecule has 0 spiro atoms. The molecule has 0 aliphatic heterocycles. The first kappa shape index (κ1) is 28.5. The van der Waals surface area contributed by atoms with Crippen molar-refractivity contribution in [1.29, 1.82) is 5.41 Å². The van der Waals surface area contributed by atoms with Crippen LogP contribution in [0.15, 0.2) is 30.7 Å². The number of nitrogen functional groups attached to an aromatic ring is 1. The van der Waals surface area contributed by atoms with E-state index in [-0.39, 0.29) is 25.2 Å². The number of aromatic nitrogens is 2. The van der Waals surface area contributed by atoms with Crippen molar-refractivity contribution in [3.8, 4) is 0 Å². The Labute approximate surface area is 212 Å². The minimum absolute atomic E-state index is 0.0741. The number of hydrogen-bond donors (Lipinski definition) is 6. The molecule has 1 unspecified atom stereocenters. The molecule has 0 bridgehead atoms. The van der Waals surface area contributed by atoms with Gasteiger partial charge in [0.1, 0.15) is 21.2 Å². The van der Waals surface area contributed by atoms with Crippen LogP contribution in [-0.4, -0.2) is 73.3 Å². The summed E-state index contributed by atoms with van der Waals surface area (Å²) < 4.78 is 28.4. The van der Waals surface area contributed by atoms with Crippen LogP contribution in [0.2, 0.25) is 0 Å². The normalized spacial score (nSPS) is 13.1. The topological polar surface area (TPSA) is 209 Å². The Morgan fingerprint density at radius 2 is 2.06 bits per heavy atom. The number of thiophene rings is 1. The smallest absolute Gasteiger partial charge is 0.407 e. The third-order valence-electron chi connectivity index (χ3n) is 4.94. The summed E-state index contributed by atoms with van der Waals surface area (Å²) in [6.45, 7) is -0.253. The van der Waals surface area contributed by atoms with E-state index in [1.807, 2.05) is 0 Å². The number of ether oxygens (including phenoxy) is 1. The number of sulfone groups is 1. The molecule has 13 nitrogen and oxygen atoms in total. The van der Waals surface area contributed by atoms with Crippen LogP contribution in [0.5, 0.6) is 0 Å². The summed E-state index contributed by atoms with van der Waals surface area (Å²) in [6.07, 6.45) is 5.94. The number of aromatic amines is 1. The average Bonchev–Trinajstić information content (AvgIpc) is 3.51.